The maximum Gasteiger partial charge on any atom is 0.314 e. The van der Waals surface area contributed by atoms with Gasteiger partial charge >= 0.3 is 11.9 Å². The zero-order chi connectivity index (χ0) is 30.1. The largest absolute Gasteiger partial charge is 0.493 e. The number of carbonyl (C=O) groups is 3. The van der Waals surface area contributed by atoms with Crippen LogP contribution < -0.4 is 18.9 Å². The molecule has 1 atom stereocenters. The minimum atomic E-state index is -1.31. The summed E-state index contributed by atoms with van der Waals surface area (Å²) in [6.45, 7) is 3.47. The number of carboxylic acid groups (broad SMARTS) is 2. The Morgan fingerprint density at radius 3 is 1.95 bits per heavy atom. The first kappa shape index (κ1) is 31.5. The summed E-state index contributed by atoms with van der Waals surface area (Å²) in [5.41, 5.74) is 4.91. The van der Waals surface area contributed by atoms with Gasteiger partial charge in [-0.1, -0.05) is 0 Å². The Morgan fingerprint density at radius 2 is 1.41 bits per heavy atom. The minimum absolute atomic E-state index is 0.183. The van der Waals surface area contributed by atoms with E-state index in [0.717, 1.165) is 68.3 Å². The van der Waals surface area contributed by atoms with E-state index in [1.807, 2.05) is 17.0 Å². The van der Waals surface area contributed by atoms with Crippen molar-refractivity contribution in [3.63, 3.8) is 0 Å². The molecule has 2 N–H and O–H groups in total. The molecule has 2 aliphatic rings. The van der Waals surface area contributed by atoms with Crippen molar-refractivity contribution in [3.8, 4) is 23.0 Å². The average Bonchev–Trinajstić information content (AvgIpc) is 3.07. The molecule has 0 spiro atoms. The lowest BCUT2D eigenvalue weighted by Crippen LogP contribution is -2.36. The molecular formula is C30H40N2O9. The normalized spacial score (nSPS) is 15.4. The van der Waals surface area contributed by atoms with Gasteiger partial charge in [-0.2, -0.15) is 0 Å². The second kappa shape index (κ2) is 14.6. The number of fused-ring (bicyclic) bond motifs is 2. The second-order valence-corrected chi connectivity index (χ2v) is 10.2. The lowest BCUT2D eigenvalue weighted by atomic mass is 9.77. The fraction of sp³-hybridized carbons (Fsp3) is 0.500. The molecule has 2 aromatic rings. The minimum Gasteiger partial charge on any atom is -0.493 e. The smallest absolute Gasteiger partial charge is 0.314 e. The highest BCUT2D eigenvalue weighted by Crippen LogP contribution is 2.42. The zero-order valence-electron chi connectivity index (χ0n) is 24.4. The summed E-state index contributed by atoms with van der Waals surface area (Å²) >= 11 is 0. The van der Waals surface area contributed by atoms with E-state index in [0.29, 0.717) is 18.1 Å². The molecule has 11 heteroatoms. The fourth-order valence-corrected chi connectivity index (χ4v) is 5.28. The fourth-order valence-electron chi connectivity index (χ4n) is 5.28. The number of benzene rings is 2. The van der Waals surface area contributed by atoms with E-state index in [2.05, 4.69) is 24.1 Å². The van der Waals surface area contributed by atoms with Crippen LogP contribution in [-0.2, 0) is 33.6 Å². The van der Waals surface area contributed by atoms with E-state index < -0.39 is 18.4 Å². The highest BCUT2D eigenvalue weighted by Gasteiger charge is 2.29. The number of aliphatic carboxylic acids is 2. The highest BCUT2D eigenvalue weighted by molar-refractivity contribution is 5.88. The van der Waals surface area contributed by atoms with Crippen LogP contribution in [0.15, 0.2) is 24.3 Å². The Morgan fingerprint density at radius 1 is 0.878 bits per heavy atom. The molecule has 2 aromatic carbocycles. The first-order valence-corrected chi connectivity index (χ1v) is 13.5. The molecular weight excluding hydrogens is 532 g/mol. The molecule has 0 bridgehead atoms. The molecule has 41 heavy (non-hydrogen) atoms. The third kappa shape index (κ3) is 8.26. The van der Waals surface area contributed by atoms with Crippen molar-refractivity contribution in [1.82, 2.24) is 9.80 Å². The standard InChI is InChI=1S/C27H36N2O5.C3H4O4/c1-28(17-21-11-20-14-25(33-4)26(34-5)16-22(20)21)8-6-9-29-10-7-18-12-23(31-2)24(32-3)13-19(18)15-27(29)30;4-2(5)1-3(6)7/h12-14,16,21H,6-11,15,17H2,1-5H3;1H2,(H,4,5)(H,6,7)/t21-;/m1./s1. The van der Waals surface area contributed by atoms with Gasteiger partial charge in [0.2, 0.25) is 5.91 Å². The summed E-state index contributed by atoms with van der Waals surface area (Å²) in [6.07, 6.45) is 2.46. The molecule has 0 aromatic heterocycles. The Balaban J connectivity index is 0.000000587. The summed E-state index contributed by atoms with van der Waals surface area (Å²) in [5.74, 6) is 1.07. The van der Waals surface area contributed by atoms with Crippen molar-refractivity contribution < 1.29 is 43.5 Å². The number of carbonyl (C=O) groups excluding carboxylic acids is 1. The van der Waals surface area contributed by atoms with Crippen LogP contribution in [0, 0.1) is 0 Å². The maximum atomic E-state index is 12.9. The van der Waals surface area contributed by atoms with E-state index in [1.165, 1.54) is 16.7 Å². The molecule has 0 saturated heterocycles. The number of ether oxygens (including phenoxy) is 4. The van der Waals surface area contributed by atoms with E-state index in [-0.39, 0.29) is 5.91 Å². The van der Waals surface area contributed by atoms with Crippen LogP contribution in [0.5, 0.6) is 23.0 Å². The summed E-state index contributed by atoms with van der Waals surface area (Å²) in [6, 6.07) is 8.18. The lowest BCUT2D eigenvalue weighted by Gasteiger charge is -2.34. The first-order valence-electron chi connectivity index (χ1n) is 13.5. The van der Waals surface area contributed by atoms with E-state index >= 15 is 0 Å². The molecule has 0 saturated carbocycles. The molecule has 1 amide bonds. The van der Waals surface area contributed by atoms with E-state index in [4.69, 9.17) is 29.2 Å². The molecule has 1 heterocycles. The van der Waals surface area contributed by atoms with Crippen molar-refractivity contribution in [3.05, 3.63) is 46.5 Å². The van der Waals surface area contributed by atoms with Gasteiger partial charge in [0, 0.05) is 25.6 Å². The molecule has 0 unspecified atom stereocenters. The Bertz CT molecular complexity index is 1230. The summed E-state index contributed by atoms with van der Waals surface area (Å²) < 4.78 is 21.7. The van der Waals surface area contributed by atoms with Gasteiger partial charge in [0.15, 0.2) is 23.0 Å². The van der Waals surface area contributed by atoms with Crippen LogP contribution in [0.3, 0.4) is 0 Å². The molecule has 11 nitrogen and oxygen atoms in total. The predicted octanol–water partition coefficient (Wildman–Crippen LogP) is 2.86. The Kier molecular flexibility index (Phi) is 11.2. The molecule has 0 radical (unpaired) electrons. The number of hydrogen-bond acceptors (Lipinski definition) is 8. The zero-order valence-corrected chi connectivity index (χ0v) is 24.4. The second-order valence-electron chi connectivity index (χ2n) is 10.2. The van der Waals surface area contributed by atoms with Crippen molar-refractivity contribution in [2.45, 2.75) is 38.0 Å². The SMILES string of the molecule is COc1cc2c(cc1OC)CC(=O)N(CCCN(C)C[C@H]1Cc3cc(OC)c(OC)cc31)CC2.O=C(O)CC(=O)O. The van der Waals surface area contributed by atoms with Crippen molar-refractivity contribution >= 4 is 17.8 Å². The van der Waals surface area contributed by atoms with Gasteiger partial charge in [-0.05, 0) is 79.4 Å². The quantitative estimate of drug-likeness (QED) is 0.366. The molecule has 224 valence electrons. The number of carboxylic acids is 2. The summed E-state index contributed by atoms with van der Waals surface area (Å²) in [7, 11) is 8.79. The topological polar surface area (TPSA) is 135 Å². The number of methoxy groups -OCH3 is 4. The van der Waals surface area contributed by atoms with Crippen molar-refractivity contribution in [1.29, 1.82) is 0 Å². The van der Waals surface area contributed by atoms with Crippen LogP contribution >= 0.6 is 0 Å². The first-order chi connectivity index (χ1) is 19.6. The molecule has 0 fully saturated rings. The average molecular weight is 573 g/mol. The van der Waals surface area contributed by atoms with Gasteiger partial charge in [-0.3, -0.25) is 14.4 Å². The van der Waals surface area contributed by atoms with E-state index in [9.17, 15) is 14.4 Å². The third-order valence-corrected chi connectivity index (χ3v) is 7.41. The molecule has 4 rings (SSSR count). The summed E-state index contributed by atoms with van der Waals surface area (Å²) in [5, 5.41) is 15.4. The monoisotopic (exact) mass is 572 g/mol. The van der Waals surface area contributed by atoms with Gasteiger partial charge in [0.25, 0.3) is 0 Å². The van der Waals surface area contributed by atoms with E-state index in [1.54, 1.807) is 28.4 Å². The number of amides is 1. The van der Waals surface area contributed by atoms with Crippen LogP contribution in [0.4, 0.5) is 0 Å². The lowest BCUT2D eigenvalue weighted by molar-refractivity contribution is -0.147. The Labute approximate surface area is 240 Å². The number of hydrogen-bond donors (Lipinski definition) is 2. The van der Waals surface area contributed by atoms with Crippen LogP contribution in [0.2, 0.25) is 0 Å². The third-order valence-electron chi connectivity index (χ3n) is 7.41. The van der Waals surface area contributed by atoms with Crippen molar-refractivity contribution in [2.24, 2.45) is 0 Å². The molecule has 1 aliphatic heterocycles. The van der Waals surface area contributed by atoms with Gasteiger partial charge in [-0.25, -0.2) is 0 Å². The highest BCUT2D eigenvalue weighted by atomic mass is 16.5. The summed E-state index contributed by atoms with van der Waals surface area (Å²) in [4.78, 5) is 36.1. The number of nitrogens with zero attached hydrogens (tertiary/aromatic N) is 2. The van der Waals surface area contributed by atoms with Gasteiger partial charge in [0.1, 0.15) is 6.42 Å². The van der Waals surface area contributed by atoms with Crippen LogP contribution in [0.1, 0.15) is 41.0 Å². The predicted molar refractivity (Wildman–Crippen MR) is 152 cm³/mol. The number of rotatable bonds is 12. The Hall–Kier alpha value is -3.99. The van der Waals surface area contributed by atoms with Crippen molar-refractivity contribution in [2.75, 3.05) is 61.7 Å². The molecule has 1 aliphatic carbocycles. The number of likely N-dealkylation sites (N-methyl/N-ethyl adjacent to an activating group) is 1. The maximum absolute atomic E-state index is 12.9. The van der Waals surface area contributed by atoms with Gasteiger partial charge < -0.3 is 39.0 Å². The van der Waals surface area contributed by atoms with Gasteiger partial charge in [-0.15, -0.1) is 0 Å². The van der Waals surface area contributed by atoms with Gasteiger partial charge in [0.05, 0.1) is 34.9 Å². The van der Waals surface area contributed by atoms with Crippen LogP contribution in [-0.4, -0.2) is 99.5 Å². The van der Waals surface area contributed by atoms with Crippen LogP contribution in [0.25, 0.3) is 0 Å².